The molecule has 5 nitrogen and oxygen atoms in total. The summed E-state index contributed by atoms with van der Waals surface area (Å²) in [6, 6.07) is 11.9. The molecule has 0 bridgehead atoms. The fourth-order valence-electron chi connectivity index (χ4n) is 2.29. The van der Waals surface area contributed by atoms with E-state index in [1.807, 2.05) is 42.6 Å². The zero-order valence-corrected chi connectivity index (χ0v) is 13.0. The van der Waals surface area contributed by atoms with Crippen molar-refractivity contribution in [1.29, 1.82) is 5.41 Å². The summed E-state index contributed by atoms with van der Waals surface area (Å²) in [5, 5.41) is 12.4. The average molecular weight is 293 g/mol. The van der Waals surface area contributed by atoms with Gasteiger partial charge in [-0.25, -0.2) is 9.50 Å². The number of nitrogens with zero attached hydrogens (tertiary/aromatic N) is 3. The molecule has 0 spiro atoms. The van der Waals surface area contributed by atoms with E-state index in [-0.39, 0.29) is 11.3 Å². The molecule has 0 fully saturated rings. The van der Waals surface area contributed by atoms with Crippen LogP contribution in [0, 0.1) is 5.41 Å². The van der Waals surface area contributed by atoms with Crippen LogP contribution in [0.15, 0.2) is 42.6 Å². The average Bonchev–Trinajstić information content (AvgIpc) is 2.91. The Kier molecular flexibility index (Phi) is 3.20. The van der Waals surface area contributed by atoms with Crippen molar-refractivity contribution in [3.8, 4) is 11.1 Å². The SMILES string of the molecule is CC(C)(C)c1nc2c(C(=N)N)cc(-c3ccccc3)cn2n1. The first-order valence-corrected chi connectivity index (χ1v) is 7.17. The first kappa shape index (κ1) is 14.3. The van der Waals surface area contributed by atoms with Crippen LogP contribution in [0.3, 0.4) is 0 Å². The number of hydrogen-bond donors (Lipinski definition) is 2. The first-order chi connectivity index (χ1) is 10.4. The van der Waals surface area contributed by atoms with E-state index in [2.05, 4.69) is 30.9 Å². The molecule has 0 amide bonds. The maximum atomic E-state index is 7.84. The predicted molar refractivity (Wildman–Crippen MR) is 88.1 cm³/mol. The zero-order chi connectivity index (χ0) is 15.9. The Labute approximate surface area is 129 Å². The van der Waals surface area contributed by atoms with Crippen LogP contribution in [-0.4, -0.2) is 20.4 Å². The van der Waals surface area contributed by atoms with E-state index in [0.717, 1.165) is 17.0 Å². The van der Waals surface area contributed by atoms with E-state index in [9.17, 15) is 0 Å². The molecule has 3 rings (SSSR count). The highest BCUT2D eigenvalue weighted by Gasteiger charge is 2.21. The van der Waals surface area contributed by atoms with Gasteiger partial charge in [0.1, 0.15) is 5.84 Å². The van der Waals surface area contributed by atoms with Crippen molar-refractivity contribution in [2.75, 3.05) is 0 Å². The first-order valence-electron chi connectivity index (χ1n) is 7.17. The molecule has 22 heavy (non-hydrogen) atoms. The molecule has 112 valence electrons. The van der Waals surface area contributed by atoms with Crippen LogP contribution >= 0.6 is 0 Å². The van der Waals surface area contributed by atoms with E-state index in [1.54, 1.807) is 4.52 Å². The molecular weight excluding hydrogens is 274 g/mol. The van der Waals surface area contributed by atoms with E-state index < -0.39 is 0 Å². The Hall–Kier alpha value is -2.69. The summed E-state index contributed by atoms with van der Waals surface area (Å²) < 4.78 is 1.72. The number of hydrogen-bond acceptors (Lipinski definition) is 3. The minimum absolute atomic E-state index is 0.00404. The van der Waals surface area contributed by atoms with Crippen molar-refractivity contribution in [2.45, 2.75) is 26.2 Å². The lowest BCUT2D eigenvalue weighted by molar-refractivity contribution is 0.545. The summed E-state index contributed by atoms with van der Waals surface area (Å²) in [5.74, 6) is 0.732. The van der Waals surface area contributed by atoms with Gasteiger partial charge in [0.2, 0.25) is 0 Å². The third-order valence-electron chi connectivity index (χ3n) is 3.50. The third kappa shape index (κ3) is 2.45. The highest BCUT2D eigenvalue weighted by molar-refractivity contribution is 6.01. The molecule has 0 saturated carbocycles. The molecule has 2 aromatic heterocycles. The van der Waals surface area contributed by atoms with Crippen molar-refractivity contribution < 1.29 is 0 Å². The van der Waals surface area contributed by atoms with Crippen LogP contribution in [0.1, 0.15) is 32.2 Å². The van der Waals surface area contributed by atoms with E-state index in [4.69, 9.17) is 11.1 Å². The van der Waals surface area contributed by atoms with Gasteiger partial charge in [0.15, 0.2) is 11.5 Å². The predicted octanol–water partition coefficient (Wildman–Crippen LogP) is 2.98. The molecule has 0 atom stereocenters. The molecule has 1 aromatic carbocycles. The summed E-state index contributed by atoms with van der Waals surface area (Å²) >= 11 is 0. The van der Waals surface area contributed by atoms with Crippen molar-refractivity contribution in [1.82, 2.24) is 14.6 Å². The number of aromatic nitrogens is 3. The number of rotatable bonds is 2. The molecule has 0 unspecified atom stereocenters. The van der Waals surface area contributed by atoms with Gasteiger partial charge in [-0.05, 0) is 11.6 Å². The molecule has 0 radical (unpaired) electrons. The Balaban J connectivity index is 2.28. The lowest BCUT2D eigenvalue weighted by atomic mass is 9.96. The highest BCUT2D eigenvalue weighted by Crippen LogP contribution is 2.25. The van der Waals surface area contributed by atoms with Crippen LogP contribution in [0.5, 0.6) is 0 Å². The summed E-state index contributed by atoms with van der Waals surface area (Å²) in [4.78, 5) is 4.57. The van der Waals surface area contributed by atoms with E-state index in [0.29, 0.717) is 11.2 Å². The highest BCUT2D eigenvalue weighted by atomic mass is 15.3. The molecule has 0 saturated heterocycles. The second-order valence-electron chi connectivity index (χ2n) is 6.38. The molecule has 5 heteroatoms. The van der Waals surface area contributed by atoms with Gasteiger partial charge >= 0.3 is 0 Å². The van der Waals surface area contributed by atoms with Gasteiger partial charge in [0, 0.05) is 17.2 Å². The number of nitrogen functional groups attached to an aromatic ring is 1. The number of nitrogens with one attached hydrogen (secondary N) is 1. The Morgan fingerprint density at radius 3 is 2.41 bits per heavy atom. The molecule has 2 heterocycles. The van der Waals surface area contributed by atoms with Crippen molar-refractivity contribution in [2.24, 2.45) is 5.73 Å². The van der Waals surface area contributed by atoms with Crippen LogP contribution < -0.4 is 5.73 Å². The molecule has 0 aliphatic rings. The Morgan fingerprint density at radius 1 is 1.14 bits per heavy atom. The van der Waals surface area contributed by atoms with Gasteiger partial charge in [-0.3, -0.25) is 5.41 Å². The number of benzene rings is 1. The standard InChI is InChI=1S/C17H19N5/c1-17(2,3)16-20-15-13(14(18)19)9-12(10-22(15)21-16)11-7-5-4-6-8-11/h4-10H,1-3H3,(H3,18,19). The minimum Gasteiger partial charge on any atom is -0.384 e. The van der Waals surface area contributed by atoms with Crippen molar-refractivity contribution in [3.63, 3.8) is 0 Å². The zero-order valence-electron chi connectivity index (χ0n) is 13.0. The van der Waals surface area contributed by atoms with Crippen LogP contribution in [0.25, 0.3) is 16.8 Å². The lowest BCUT2D eigenvalue weighted by Gasteiger charge is -2.11. The largest absolute Gasteiger partial charge is 0.384 e. The molecule has 3 N–H and O–H groups in total. The van der Waals surface area contributed by atoms with Gasteiger partial charge in [0.05, 0.1) is 5.56 Å². The lowest BCUT2D eigenvalue weighted by Crippen LogP contribution is -2.14. The summed E-state index contributed by atoms with van der Waals surface area (Å²) in [5.41, 5.74) is 8.83. The fourth-order valence-corrected chi connectivity index (χ4v) is 2.29. The van der Waals surface area contributed by atoms with Crippen LogP contribution in [-0.2, 0) is 5.41 Å². The monoisotopic (exact) mass is 293 g/mol. The second kappa shape index (κ2) is 4.94. The van der Waals surface area contributed by atoms with Gasteiger partial charge in [-0.2, -0.15) is 5.10 Å². The normalized spacial score (nSPS) is 11.8. The van der Waals surface area contributed by atoms with E-state index in [1.165, 1.54) is 0 Å². The maximum absolute atomic E-state index is 7.84. The molecule has 0 aliphatic heterocycles. The summed E-state index contributed by atoms with van der Waals surface area (Å²) in [7, 11) is 0. The second-order valence-corrected chi connectivity index (χ2v) is 6.38. The topological polar surface area (TPSA) is 80.1 Å². The number of nitrogens with two attached hydrogens (primary N) is 1. The molecular formula is C17H19N5. The maximum Gasteiger partial charge on any atom is 0.166 e. The summed E-state index contributed by atoms with van der Waals surface area (Å²) in [6.45, 7) is 6.19. The van der Waals surface area contributed by atoms with Gasteiger partial charge in [-0.1, -0.05) is 51.1 Å². The number of amidine groups is 1. The quantitative estimate of drug-likeness (QED) is 0.563. The molecule has 0 aliphatic carbocycles. The Bertz CT molecular complexity index is 841. The van der Waals surface area contributed by atoms with Crippen LogP contribution in [0.4, 0.5) is 0 Å². The van der Waals surface area contributed by atoms with Gasteiger partial charge in [0.25, 0.3) is 0 Å². The third-order valence-corrected chi connectivity index (χ3v) is 3.50. The number of pyridine rings is 1. The fraction of sp³-hybridized carbons (Fsp3) is 0.235. The Morgan fingerprint density at radius 2 is 1.82 bits per heavy atom. The van der Waals surface area contributed by atoms with Crippen molar-refractivity contribution in [3.05, 3.63) is 54.0 Å². The van der Waals surface area contributed by atoms with Gasteiger partial charge < -0.3 is 5.73 Å². The number of fused-ring (bicyclic) bond motifs is 1. The minimum atomic E-state index is -0.160. The van der Waals surface area contributed by atoms with Crippen LogP contribution in [0.2, 0.25) is 0 Å². The summed E-state index contributed by atoms with van der Waals surface area (Å²) in [6.07, 6.45) is 1.93. The van der Waals surface area contributed by atoms with Crippen molar-refractivity contribution >= 4 is 11.5 Å². The molecule has 3 aromatic rings. The van der Waals surface area contributed by atoms with E-state index >= 15 is 0 Å². The van der Waals surface area contributed by atoms with Gasteiger partial charge in [-0.15, -0.1) is 0 Å². The smallest absolute Gasteiger partial charge is 0.166 e.